The summed E-state index contributed by atoms with van der Waals surface area (Å²) >= 11 is 1.47. The Morgan fingerprint density at radius 1 is 1.00 bits per heavy atom. The molecule has 0 atom stereocenters. The number of carbonyl (C=O) groups excluding carboxylic acids is 1. The Morgan fingerprint density at radius 2 is 1.75 bits per heavy atom. The lowest BCUT2D eigenvalue weighted by atomic mass is 10.2. The summed E-state index contributed by atoms with van der Waals surface area (Å²) in [6.07, 6.45) is 0. The number of ether oxygens (including phenoxy) is 1. The Bertz CT molecular complexity index is 794. The van der Waals surface area contributed by atoms with Gasteiger partial charge in [-0.1, -0.05) is 42.5 Å². The zero-order valence-corrected chi connectivity index (χ0v) is 14.3. The highest BCUT2D eigenvalue weighted by atomic mass is 32.1. The molecule has 0 fully saturated rings. The van der Waals surface area contributed by atoms with Gasteiger partial charge in [0, 0.05) is 6.54 Å². The van der Waals surface area contributed by atoms with Crippen molar-refractivity contribution < 1.29 is 9.53 Å². The summed E-state index contributed by atoms with van der Waals surface area (Å²) in [5.41, 5.74) is 3.20. The van der Waals surface area contributed by atoms with Crippen LogP contribution in [0.4, 0.5) is 0 Å². The van der Waals surface area contributed by atoms with Crippen LogP contribution >= 0.6 is 11.3 Å². The van der Waals surface area contributed by atoms with Crippen LogP contribution in [0.1, 0.15) is 26.4 Å². The first-order valence-electron chi connectivity index (χ1n) is 7.80. The first kappa shape index (κ1) is 16.3. The van der Waals surface area contributed by atoms with Crippen molar-refractivity contribution in [1.29, 1.82) is 0 Å². The Kier molecular flexibility index (Phi) is 5.29. The van der Waals surface area contributed by atoms with Gasteiger partial charge in [-0.05, 0) is 47.2 Å². The topological polar surface area (TPSA) is 38.3 Å². The van der Waals surface area contributed by atoms with Crippen molar-refractivity contribution >= 4 is 17.2 Å². The van der Waals surface area contributed by atoms with E-state index in [2.05, 4.69) is 5.32 Å². The van der Waals surface area contributed by atoms with Gasteiger partial charge in [0.2, 0.25) is 0 Å². The maximum atomic E-state index is 12.1. The van der Waals surface area contributed by atoms with Crippen molar-refractivity contribution in [3.05, 3.63) is 87.6 Å². The third-order valence-electron chi connectivity index (χ3n) is 3.69. The van der Waals surface area contributed by atoms with Crippen LogP contribution < -0.4 is 10.1 Å². The van der Waals surface area contributed by atoms with Crippen LogP contribution in [0.15, 0.2) is 66.0 Å². The molecule has 1 heterocycles. The smallest absolute Gasteiger partial charge is 0.261 e. The van der Waals surface area contributed by atoms with E-state index in [-0.39, 0.29) is 5.91 Å². The average molecular weight is 337 g/mol. The predicted octanol–water partition coefficient (Wildman–Crippen LogP) is 4.57. The molecule has 4 heteroatoms. The maximum absolute atomic E-state index is 12.1. The first-order chi connectivity index (χ1) is 11.7. The van der Waals surface area contributed by atoms with Crippen LogP contribution in [0, 0.1) is 6.92 Å². The van der Waals surface area contributed by atoms with E-state index in [9.17, 15) is 4.79 Å². The van der Waals surface area contributed by atoms with E-state index >= 15 is 0 Å². The number of hydrogen-bond acceptors (Lipinski definition) is 3. The average Bonchev–Trinajstić information content (AvgIpc) is 3.06. The number of carbonyl (C=O) groups is 1. The number of rotatable bonds is 6. The molecule has 0 bridgehead atoms. The van der Waals surface area contributed by atoms with Crippen LogP contribution in [0.5, 0.6) is 5.75 Å². The molecule has 0 saturated heterocycles. The van der Waals surface area contributed by atoms with E-state index in [4.69, 9.17) is 4.74 Å². The molecule has 0 saturated carbocycles. The van der Waals surface area contributed by atoms with Crippen LogP contribution in [-0.4, -0.2) is 5.91 Å². The van der Waals surface area contributed by atoms with Crippen LogP contribution in [0.2, 0.25) is 0 Å². The largest absolute Gasteiger partial charge is 0.489 e. The lowest BCUT2D eigenvalue weighted by Gasteiger charge is -2.08. The number of aryl methyl sites for hydroxylation is 1. The summed E-state index contributed by atoms with van der Waals surface area (Å²) in [6.45, 7) is 3.01. The second kappa shape index (κ2) is 7.79. The molecule has 3 aromatic rings. The summed E-state index contributed by atoms with van der Waals surface area (Å²) in [6, 6.07) is 19.8. The summed E-state index contributed by atoms with van der Waals surface area (Å²) in [7, 11) is 0. The quantitative estimate of drug-likeness (QED) is 0.716. The Morgan fingerprint density at radius 3 is 2.42 bits per heavy atom. The summed E-state index contributed by atoms with van der Waals surface area (Å²) in [5.74, 6) is 0.801. The highest BCUT2D eigenvalue weighted by Crippen LogP contribution is 2.16. The lowest BCUT2D eigenvalue weighted by Crippen LogP contribution is -2.22. The van der Waals surface area contributed by atoms with Crippen molar-refractivity contribution in [1.82, 2.24) is 5.32 Å². The van der Waals surface area contributed by atoms with Gasteiger partial charge in [-0.3, -0.25) is 4.79 Å². The van der Waals surface area contributed by atoms with Crippen LogP contribution in [-0.2, 0) is 13.2 Å². The zero-order chi connectivity index (χ0) is 16.8. The Labute approximate surface area is 145 Å². The predicted molar refractivity (Wildman–Crippen MR) is 97.4 cm³/mol. The fraction of sp³-hybridized carbons (Fsp3) is 0.150. The lowest BCUT2D eigenvalue weighted by molar-refractivity contribution is 0.0954. The molecule has 0 radical (unpaired) electrons. The van der Waals surface area contributed by atoms with E-state index in [1.807, 2.05) is 73.0 Å². The molecule has 0 aliphatic heterocycles. The molecule has 3 nitrogen and oxygen atoms in total. The summed E-state index contributed by atoms with van der Waals surface area (Å²) in [4.78, 5) is 12.9. The highest BCUT2D eigenvalue weighted by molar-refractivity contribution is 7.12. The van der Waals surface area contributed by atoms with Crippen LogP contribution in [0.3, 0.4) is 0 Å². The molecule has 0 spiro atoms. The minimum Gasteiger partial charge on any atom is -0.489 e. The van der Waals surface area contributed by atoms with Gasteiger partial charge in [0.1, 0.15) is 12.4 Å². The molecular weight excluding hydrogens is 318 g/mol. The summed E-state index contributed by atoms with van der Waals surface area (Å²) in [5, 5.41) is 4.88. The van der Waals surface area contributed by atoms with E-state index in [1.54, 1.807) is 0 Å². The van der Waals surface area contributed by atoms with Gasteiger partial charge in [0.25, 0.3) is 5.91 Å². The Hall–Kier alpha value is -2.59. The molecule has 0 unspecified atom stereocenters. The normalized spacial score (nSPS) is 10.4. The maximum Gasteiger partial charge on any atom is 0.261 e. The third kappa shape index (κ3) is 4.24. The van der Waals surface area contributed by atoms with Gasteiger partial charge in [-0.15, -0.1) is 11.3 Å². The number of amides is 1. The second-order valence-electron chi connectivity index (χ2n) is 5.53. The monoisotopic (exact) mass is 337 g/mol. The van der Waals surface area contributed by atoms with Gasteiger partial charge < -0.3 is 10.1 Å². The van der Waals surface area contributed by atoms with Crippen molar-refractivity contribution in [2.24, 2.45) is 0 Å². The molecule has 24 heavy (non-hydrogen) atoms. The standard InChI is InChI=1S/C20H19NO2S/c1-15-11-12-24-19(15)20(22)21-13-16-7-9-18(10-8-16)23-14-17-5-3-2-4-6-17/h2-12H,13-14H2,1H3,(H,21,22). The van der Waals surface area contributed by atoms with Gasteiger partial charge in [0.15, 0.2) is 0 Å². The van der Waals surface area contributed by atoms with E-state index in [0.29, 0.717) is 13.2 Å². The SMILES string of the molecule is Cc1ccsc1C(=O)NCc1ccc(OCc2ccccc2)cc1. The minimum atomic E-state index is -0.0214. The molecule has 0 aliphatic rings. The fourth-order valence-corrected chi connectivity index (χ4v) is 3.15. The van der Waals surface area contributed by atoms with Gasteiger partial charge >= 0.3 is 0 Å². The second-order valence-corrected chi connectivity index (χ2v) is 6.45. The molecule has 1 aromatic heterocycles. The fourth-order valence-electron chi connectivity index (χ4n) is 2.31. The van der Waals surface area contributed by atoms with Gasteiger partial charge in [-0.2, -0.15) is 0 Å². The highest BCUT2D eigenvalue weighted by Gasteiger charge is 2.09. The minimum absolute atomic E-state index is 0.0214. The number of benzene rings is 2. The van der Waals surface area contributed by atoms with Crippen molar-refractivity contribution in [3.8, 4) is 5.75 Å². The molecule has 3 rings (SSSR count). The van der Waals surface area contributed by atoms with E-state index < -0.39 is 0 Å². The van der Waals surface area contributed by atoms with Crippen LogP contribution in [0.25, 0.3) is 0 Å². The number of thiophene rings is 1. The van der Waals surface area contributed by atoms with Crippen molar-refractivity contribution in [3.63, 3.8) is 0 Å². The first-order valence-corrected chi connectivity index (χ1v) is 8.68. The molecule has 1 N–H and O–H groups in total. The number of hydrogen-bond donors (Lipinski definition) is 1. The Balaban J connectivity index is 1.51. The van der Waals surface area contributed by atoms with Gasteiger partial charge in [0.05, 0.1) is 4.88 Å². The molecule has 122 valence electrons. The van der Waals surface area contributed by atoms with Crippen molar-refractivity contribution in [2.45, 2.75) is 20.1 Å². The molecular formula is C20H19NO2S. The summed E-state index contributed by atoms with van der Waals surface area (Å²) < 4.78 is 5.76. The van der Waals surface area contributed by atoms with E-state index in [1.165, 1.54) is 11.3 Å². The molecule has 0 aliphatic carbocycles. The van der Waals surface area contributed by atoms with Crippen molar-refractivity contribution in [2.75, 3.05) is 0 Å². The van der Waals surface area contributed by atoms with E-state index in [0.717, 1.165) is 27.3 Å². The zero-order valence-electron chi connectivity index (χ0n) is 13.5. The van der Waals surface area contributed by atoms with Gasteiger partial charge in [-0.25, -0.2) is 0 Å². The number of nitrogens with one attached hydrogen (secondary N) is 1. The third-order valence-corrected chi connectivity index (χ3v) is 4.71. The molecule has 2 aromatic carbocycles. The molecule has 1 amide bonds.